The molecule has 0 atom stereocenters. The van der Waals surface area contributed by atoms with Crippen LogP contribution >= 0.6 is 15.9 Å². The van der Waals surface area contributed by atoms with E-state index in [2.05, 4.69) is 20.7 Å². The first-order chi connectivity index (χ1) is 13.4. The maximum absolute atomic E-state index is 12.7. The smallest absolute Gasteiger partial charge is 0.261 e. The van der Waals surface area contributed by atoms with Crippen LogP contribution in [0.25, 0.3) is 0 Å². The molecule has 0 aromatic heterocycles. The quantitative estimate of drug-likeness (QED) is 0.590. The summed E-state index contributed by atoms with van der Waals surface area (Å²) < 4.78 is 28.4. The second-order valence-electron chi connectivity index (χ2n) is 6.25. The number of carbonyl (C=O) groups is 1. The van der Waals surface area contributed by atoms with Gasteiger partial charge < -0.3 is 4.90 Å². The van der Waals surface area contributed by atoms with Gasteiger partial charge in [0, 0.05) is 29.3 Å². The van der Waals surface area contributed by atoms with Crippen LogP contribution in [0, 0.1) is 0 Å². The summed E-state index contributed by atoms with van der Waals surface area (Å²) in [6.07, 6.45) is 0. The van der Waals surface area contributed by atoms with Gasteiger partial charge in [0.05, 0.1) is 4.90 Å². The van der Waals surface area contributed by atoms with E-state index in [1.807, 2.05) is 30.3 Å². The number of sulfonamides is 1. The molecule has 1 amide bonds. The number of nitrogens with zero attached hydrogens (tertiary/aromatic N) is 1. The van der Waals surface area contributed by atoms with Crippen molar-refractivity contribution < 1.29 is 13.2 Å². The molecule has 0 aliphatic heterocycles. The second-order valence-corrected chi connectivity index (χ2v) is 8.79. The van der Waals surface area contributed by atoms with Crippen LogP contribution in [-0.2, 0) is 16.6 Å². The third-order valence-corrected chi connectivity index (χ3v) is 6.32. The van der Waals surface area contributed by atoms with Crippen LogP contribution in [0.3, 0.4) is 0 Å². The Hall–Kier alpha value is -2.64. The van der Waals surface area contributed by atoms with E-state index in [4.69, 9.17) is 0 Å². The number of amides is 1. The summed E-state index contributed by atoms with van der Waals surface area (Å²) in [4.78, 5) is 14.3. The molecule has 0 unspecified atom stereocenters. The van der Waals surface area contributed by atoms with Crippen molar-refractivity contribution in [3.63, 3.8) is 0 Å². The molecule has 0 saturated carbocycles. The average Bonchev–Trinajstić information content (AvgIpc) is 2.69. The van der Waals surface area contributed by atoms with E-state index < -0.39 is 10.0 Å². The Morgan fingerprint density at radius 2 is 1.54 bits per heavy atom. The Morgan fingerprint density at radius 3 is 2.18 bits per heavy atom. The lowest BCUT2D eigenvalue weighted by Gasteiger charge is -2.18. The monoisotopic (exact) mass is 458 g/mol. The summed E-state index contributed by atoms with van der Waals surface area (Å²) in [5, 5.41) is 0. The Bertz CT molecular complexity index is 1070. The van der Waals surface area contributed by atoms with Gasteiger partial charge in [0.15, 0.2) is 0 Å². The van der Waals surface area contributed by atoms with Gasteiger partial charge in [0.25, 0.3) is 15.9 Å². The molecule has 3 aromatic rings. The largest absolute Gasteiger partial charge is 0.337 e. The van der Waals surface area contributed by atoms with Crippen LogP contribution in [0.1, 0.15) is 15.9 Å². The third-order valence-electron chi connectivity index (χ3n) is 4.15. The standard InChI is InChI=1S/C21H19BrN2O3S/c1-24(15-17-7-5-6-10-20(17)22)21(25)16-11-13-19(14-12-16)28(26,27)23-18-8-3-2-4-9-18/h2-14,23H,15H2,1H3. The predicted octanol–water partition coefficient (Wildman–Crippen LogP) is 4.52. The molecule has 0 fully saturated rings. The number of nitrogens with one attached hydrogen (secondary N) is 1. The highest BCUT2D eigenvalue weighted by atomic mass is 79.9. The fraction of sp³-hybridized carbons (Fsp3) is 0.0952. The van der Waals surface area contributed by atoms with E-state index in [9.17, 15) is 13.2 Å². The summed E-state index contributed by atoms with van der Waals surface area (Å²) in [7, 11) is -2.00. The van der Waals surface area contributed by atoms with Crippen LogP contribution in [-0.4, -0.2) is 26.3 Å². The number of para-hydroxylation sites is 1. The first-order valence-electron chi connectivity index (χ1n) is 8.53. The zero-order chi connectivity index (χ0) is 20.1. The van der Waals surface area contributed by atoms with Crippen molar-refractivity contribution in [1.29, 1.82) is 0 Å². The molecule has 144 valence electrons. The molecule has 0 heterocycles. The number of carbonyl (C=O) groups excluding carboxylic acids is 1. The van der Waals surface area contributed by atoms with Gasteiger partial charge in [-0.1, -0.05) is 52.3 Å². The maximum Gasteiger partial charge on any atom is 0.261 e. The molecule has 0 radical (unpaired) electrons. The Kier molecular flexibility index (Phi) is 6.16. The zero-order valence-corrected chi connectivity index (χ0v) is 17.6. The Balaban J connectivity index is 1.72. The first kappa shape index (κ1) is 20.1. The van der Waals surface area contributed by atoms with Crippen LogP contribution < -0.4 is 4.72 Å². The Labute approximate surface area is 173 Å². The highest BCUT2D eigenvalue weighted by Gasteiger charge is 2.17. The highest BCUT2D eigenvalue weighted by Crippen LogP contribution is 2.20. The van der Waals surface area contributed by atoms with Gasteiger partial charge in [-0.3, -0.25) is 9.52 Å². The van der Waals surface area contributed by atoms with Crippen LogP contribution in [0.4, 0.5) is 5.69 Å². The summed E-state index contributed by atoms with van der Waals surface area (Å²) in [6.45, 7) is 0.440. The van der Waals surface area contributed by atoms with Gasteiger partial charge >= 0.3 is 0 Å². The minimum Gasteiger partial charge on any atom is -0.337 e. The third kappa shape index (κ3) is 4.79. The van der Waals surface area contributed by atoms with Gasteiger partial charge in [-0.25, -0.2) is 8.42 Å². The molecule has 0 bridgehead atoms. The highest BCUT2D eigenvalue weighted by molar-refractivity contribution is 9.10. The topological polar surface area (TPSA) is 66.5 Å². The molecule has 7 heteroatoms. The van der Waals surface area contributed by atoms with Crippen molar-refractivity contribution in [1.82, 2.24) is 4.90 Å². The van der Waals surface area contributed by atoms with E-state index in [-0.39, 0.29) is 10.8 Å². The van der Waals surface area contributed by atoms with E-state index >= 15 is 0 Å². The molecular weight excluding hydrogens is 440 g/mol. The van der Waals surface area contributed by atoms with Gasteiger partial charge in [-0.05, 0) is 48.0 Å². The molecule has 0 aliphatic carbocycles. The molecule has 3 rings (SSSR count). The van der Waals surface area contributed by atoms with Crippen LogP contribution in [0.2, 0.25) is 0 Å². The summed E-state index contributed by atoms with van der Waals surface area (Å²) in [5.74, 6) is -0.185. The fourth-order valence-electron chi connectivity index (χ4n) is 2.67. The number of hydrogen-bond acceptors (Lipinski definition) is 3. The molecular formula is C21H19BrN2O3S. The molecule has 28 heavy (non-hydrogen) atoms. The molecule has 0 spiro atoms. The van der Waals surface area contributed by atoms with Crippen molar-refractivity contribution in [2.45, 2.75) is 11.4 Å². The van der Waals surface area contributed by atoms with Crippen molar-refractivity contribution in [3.05, 3.63) is 94.5 Å². The lowest BCUT2D eigenvalue weighted by atomic mass is 10.1. The van der Waals surface area contributed by atoms with Crippen LogP contribution in [0.15, 0.2) is 88.2 Å². The average molecular weight is 459 g/mol. The molecule has 5 nitrogen and oxygen atoms in total. The lowest BCUT2D eigenvalue weighted by Crippen LogP contribution is -2.26. The second kappa shape index (κ2) is 8.58. The molecule has 3 aromatic carbocycles. The summed E-state index contributed by atoms with van der Waals surface area (Å²) in [5.41, 5.74) is 1.90. The summed E-state index contributed by atoms with van der Waals surface area (Å²) in [6, 6.07) is 22.3. The van der Waals surface area contributed by atoms with Crippen molar-refractivity contribution in [2.75, 3.05) is 11.8 Å². The van der Waals surface area contributed by atoms with E-state index in [1.165, 1.54) is 24.3 Å². The molecule has 0 saturated heterocycles. The fourth-order valence-corrected chi connectivity index (χ4v) is 4.14. The number of benzene rings is 3. The first-order valence-corrected chi connectivity index (χ1v) is 10.8. The van der Waals surface area contributed by atoms with Gasteiger partial charge in [0.2, 0.25) is 0 Å². The normalized spacial score (nSPS) is 11.1. The van der Waals surface area contributed by atoms with Crippen molar-refractivity contribution in [3.8, 4) is 0 Å². The minimum absolute atomic E-state index is 0.0985. The number of anilines is 1. The van der Waals surface area contributed by atoms with E-state index in [0.717, 1.165) is 10.0 Å². The van der Waals surface area contributed by atoms with Gasteiger partial charge in [-0.15, -0.1) is 0 Å². The van der Waals surface area contributed by atoms with E-state index in [0.29, 0.717) is 17.8 Å². The van der Waals surface area contributed by atoms with E-state index in [1.54, 1.807) is 36.2 Å². The SMILES string of the molecule is CN(Cc1ccccc1Br)C(=O)c1ccc(S(=O)(=O)Nc2ccccc2)cc1. The minimum atomic E-state index is -3.71. The van der Waals surface area contributed by atoms with Gasteiger partial charge in [0.1, 0.15) is 0 Å². The van der Waals surface area contributed by atoms with Gasteiger partial charge in [-0.2, -0.15) is 0 Å². The van der Waals surface area contributed by atoms with Crippen molar-refractivity contribution in [2.24, 2.45) is 0 Å². The number of hydrogen-bond donors (Lipinski definition) is 1. The predicted molar refractivity (Wildman–Crippen MR) is 114 cm³/mol. The molecule has 1 N–H and O–H groups in total. The lowest BCUT2D eigenvalue weighted by molar-refractivity contribution is 0.0784. The number of halogens is 1. The maximum atomic E-state index is 12.7. The molecule has 0 aliphatic rings. The zero-order valence-electron chi connectivity index (χ0n) is 15.2. The van der Waals surface area contributed by atoms with Crippen molar-refractivity contribution >= 4 is 37.5 Å². The number of rotatable bonds is 6. The van der Waals surface area contributed by atoms with Crippen LogP contribution in [0.5, 0.6) is 0 Å². The Morgan fingerprint density at radius 1 is 0.929 bits per heavy atom. The summed E-state index contributed by atoms with van der Waals surface area (Å²) >= 11 is 3.48.